The molecule has 1 heterocycles. The highest BCUT2D eigenvalue weighted by Gasteiger charge is 2.09. The Balaban J connectivity index is 1.79. The average molecular weight is 370 g/mol. The molecule has 0 radical (unpaired) electrons. The van der Waals surface area contributed by atoms with Crippen LogP contribution >= 0.6 is 15.9 Å². The van der Waals surface area contributed by atoms with Gasteiger partial charge >= 0.3 is 5.97 Å². The normalized spacial score (nSPS) is 10.6. The summed E-state index contributed by atoms with van der Waals surface area (Å²) in [6.45, 7) is 4.13. The van der Waals surface area contributed by atoms with E-state index in [1.54, 1.807) is 18.2 Å². The Labute approximate surface area is 143 Å². The van der Waals surface area contributed by atoms with Crippen LogP contribution in [0.3, 0.4) is 0 Å². The van der Waals surface area contributed by atoms with Crippen molar-refractivity contribution in [1.82, 2.24) is 4.57 Å². The van der Waals surface area contributed by atoms with Crippen molar-refractivity contribution < 1.29 is 9.53 Å². The summed E-state index contributed by atoms with van der Waals surface area (Å²) >= 11 is 3.35. The van der Waals surface area contributed by atoms with Crippen LogP contribution in [-0.4, -0.2) is 10.5 Å². The third-order valence-corrected chi connectivity index (χ3v) is 4.13. The van der Waals surface area contributed by atoms with E-state index in [1.165, 1.54) is 11.4 Å². The van der Waals surface area contributed by atoms with Crippen molar-refractivity contribution in [2.45, 2.75) is 13.8 Å². The minimum atomic E-state index is -0.368. The van der Waals surface area contributed by atoms with E-state index in [4.69, 9.17) is 4.74 Å². The standard InChI is InChI=1S/C19H16BrNO2/c1-13-6-7-14(2)21(13)17-8-10-18(11-9-17)23-19(22)15-4-3-5-16(20)12-15/h3-12H,1-2H3. The van der Waals surface area contributed by atoms with Gasteiger partial charge in [-0.1, -0.05) is 22.0 Å². The Morgan fingerprint density at radius 1 is 0.957 bits per heavy atom. The third kappa shape index (κ3) is 3.37. The number of esters is 1. The predicted molar refractivity (Wildman–Crippen MR) is 94.3 cm³/mol. The van der Waals surface area contributed by atoms with Gasteiger partial charge in [-0.25, -0.2) is 4.79 Å². The van der Waals surface area contributed by atoms with Crippen LogP contribution in [0.1, 0.15) is 21.7 Å². The van der Waals surface area contributed by atoms with E-state index in [9.17, 15) is 4.79 Å². The first-order chi connectivity index (χ1) is 11.0. The van der Waals surface area contributed by atoms with Crippen molar-refractivity contribution in [1.29, 1.82) is 0 Å². The molecule has 0 bridgehead atoms. The van der Waals surface area contributed by atoms with Crippen LogP contribution in [0.25, 0.3) is 5.69 Å². The smallest absolute Gasteiger partial charge is 0.343 e. The Morgan fingerprint density at radius 2 is 1.61 bits per heavy atom. The molecule has 0 aliphatic carbocycles. The maximum Gasteiger partial charge on any atom is 0.343 e. The molecule has 0 aliphatic heterocycles. The van der Waals surface area contributed by atoms with E-state index in [2.05, 4.69) is 46.5 Å². The molecule has 3 nitrogen and oxygen atoms in total. The molecule has 3 aromatic rings. The van der Waals surface area contributed by atoms with Crippen molar-refractivity contribution in [3.05, 3.63) is 82.1 Å². The average Bonchev–Trinajstić information content (AvgIpc) is 2.87. The van der Waals surface area contributed by atoms with Crippen LogP contribution in [0.4, 0.5) is 0 Å². The third-order valence-electron chi connectivity index (χ3n) is 3.64. The molecule has 0 amide bonds. The van der Waals surface area contributed by atoms with Crippen molar-refractivity contribution in [3.8, 4) is 11.4 Å². The van der Waals surface area contributed by atoms with E-state index >= 15 is 0 Å². The Kier molecular flexibility index (Phi) is 4.35. The van der Waals surface area contributed by atoms with E-state index in [0.29, 0.717) is 11.3 Å². The lowest BCUT2D eigenvalue weighted by atomic mass is 10.2. The van der Waals surface area contributed by atoms with E-state index in [1.807, 2.05) is 30.3 Å². The lowest BCUT2D eigenvalue weighted by Crippen LogP contribution is -2.08. The second-order valence-corrected chi connectivity index (χ2v) is 6.26. The van der Waals surface area contributed by atoms with Gasteiger partial charge in [0.2, 0.25) is 0 Å². The number of hydrogen-bond acceptors (Lipinski definition) is 2. The quantitative estimate of drug-likeness (QED) is 0.476. The monoisotopic (exact) mass is 369 g/mol. The zero-order valence-corrected chi connectivity index (χ0v) is 14.5. The molecular formula is C19H16BrNO2. The fraction of sp³-hybridized carbons (Fsp3) is 0.105. The number of nitrogens with zero attached hydrogens (tertiary/aromatic N) is 1. The molecule has 0 unspecified atom stereocenters. The Morgan fingerprint density at radius 3 is 2.22 bits per heavy atom. The molecule has 0 fully saturated rings. The number of hydrogen-bond donors (Lipinski definition) is 0. The highest BCUT2D eigenvalue weighted by molar-refractivity contribution is 9.10. The molecule has 0 saturated carbocycles. The highest BCUT2D eigenvalue weighted by atomic mass is 79.9. The van der Waals surface area contributed by atoms with Crippen LogP contribution < -0.4 is 4.74 Å². The van der Waals surface area contributed by atoms with E-state index in [-0.39, 0.29) is 5.97 Å². The summed E-state index contributed by atoms with van der Waals surface area (Å²) in [5.41, 5.74) is 3.90. The maximum atomic E-state index is 12.1. The number of benzene rings is 2. The lowest BCUT2D eigenvalue weighted by Gasteiger charge is -2.10. The van der Waals surface area contributed by atoms with Crippen molar-refractivity contribution in [2.75, 3.05) is 0 Å². The summed E-state index contributed by atoms with van der Waals surface area (Å²) < 4.78 is 8.42. The molecule has 0 aliphatic rings. The van der Waals surface area contributed by atoms with E-state index < -0.39 is 0 Å². The zero-order valence-electron chi connectivity index (χ0n) is 12.9. The molecule has 0 atom stereocenters. The summed E-state index contributed by atoms with van der Waals surface area (Å²) in [4.78, 5) is 12.1. The second kappa shape index (κ2) is 6.42. The van der Waals surface area contributed by atoms with Crippen LogP contribution in [0.15, 0.2) is 65.1 Å². The number of rotatable bonds is 3. The topological polar surface area (TPSA) is 31.2 Å². The minimum Gasteiger partial charge on any atom is -0.423 e. The van der Waals surface area contributed by atoms with Gasteiger partial charge in [-0.2, -0.15) is 0 Å². The molecule has 116 valence electrons. The highest BCUT2D eigenvalue weighted by Crippen LogP contribution is 2.21. The van der Waals surface area contributed by atoms with Gasteiger partial charge in [-0.15, -0.1) is 0 Å². The second-order valence-electron chi connectivity index (χ2n) is 5.35. The molecular weight excluding hydrogens is 354 g/mol. The number of ether oxygens (including phenoxy) is 1. The van der Waals surface area contributed by atoms with Gasteiger partial charge in [-0.05, 0) is 68.4 Å². The summed E-state index contributed by atoms with van der Waals surface area (Å²) in [6, 6.07) is 18.8. The Bertz CT molecular complexity index is 831. The molecule has 0 N–H and O–H groups in total. The van der Waals surface area contributed by atoms with Crippen molar-refractivity contribution in [2.24, 2.45) is 0 Å². The first kappa shape index (κ1) is 15.6. The van der Waals surface area contributed by atoms with Gasteiger partial charge < -0.3 is 9.30 Å². The number of aromatic nitrogens is 1. The zero-order chi connectivity index (χ0) is 16.4. The summed E-state index contributed by atoms with van der Waals surface area (Å²) in [7, 11) is 0. The molecule has 1 aromatic heterocycles. The van der Waals surface area contributed by atoms with Crippen LogP contribution in [-0.2, 0) is 0 Å². The van der Waals surface area contributed by atoms with Gasteiger partial charge in [-0.3, -0.25) is 0 Å². The predicted octanol–water partition coefficient (Wildman–Crippen LogP) is 5.08. The van der Waals surface area contributed by atoms with Crippen LogP contribution in [0.5, 0.6) is 5.75 Å². The number of aryl methyl sites for hydroxylation is 2. The summed E-state index contributed by atoms with van der Waals surface area (Å²) in [5.74, 6) is 0.161. The summed E-state index contributed by atoms with van der Waals surface area (Å²) in [6.07, 6.45) is 0. The maximum absolute atomic E-state index is 12.1. The lowest BCUT2D eigenvalue weighted by molar-refractivity contribution is 0.0734. The molecule has 23 heavy (non-hydrogen) atoms. The number of halogens is 1. The van der Waals surface area contributed by atoms with Crippen molar-refractivity contribution in [3.63, 3.8) is 0 Å². The fourth-order valence-corrected chi connectivity index (χ4v) is 2.92. The van der Waals surface area contributed by atoms with E-state index in [0.717, 1.165) is 10.2 Å². The summed E-state index contributed by atoms with van der Waals surface area (Å²) in [5, 5.41) is 0. The molecule has 3 rings (SSSR count). The molecule has 4 heteroatoms. The fourth-order valence-electron chi connectivity index (χ4n) is 2.52. The van der Waals surface area contributed by atoms with Gasteiger partial charge in [0.15, 0.2) is 0 Å². The van der Waals surface area contributed by atoms with Gasteiger partial charge in [0, 0.05) is 21.5 Å². The SMILES string of the molecule is Cc1ccc(C)n1-c1ccc(OC(=O)c2cccc(Br)c2)cc1. The largest absolute Gasteiger partial charge is 0.423 e. The Hall–Kier alpha value is -2.33. The molecule has 0 spiro atoms. The molecule has 0 saturated heterocycles. The van der Waals surface area contributed by atoms with Crippen LogP contribution in [0, 0.1) is 13.8 Å². The number of carbonyl (C=O) groups excluding carboxylic acids is 1. The first-order valence-corrected chi connectivity index (χ1v) is 8.07. The van der Waals surface area contributed by atoms with Gasteiger partial charge in [0.25, 0.3) is 0 Å². The minimum absolute atomic E-state index is 0.368. The van der Waals surface area contributed by atoms with Gasteiger partial charge in [0.1, 0.15) is 5.75 Å². The van der Waals surface area contributed by atoms with Gasteiger partial charge in [0.05, 0.1) is 5.56 Å². The van der Waals surface area contributed by atoms with Crippen molar-refractivity contribution >= 4 is 21.9 Å². The van der Waals surface area contributed by atoms with Crippen LogP contribution in [0.2, 0.25) is 0 Å². The molecule has 2 aromatic carbocycles. The number of carbonyl (C=O) groups is 1. The first-order valence-electron chi connectivity index (χ1n) is 7.28.